The van der Waals surface area contributed by atoms with E-state index in [1.165, 1.54) is 0 Å². The van der Waals surface area contributed by atoms with Crippen molar-refractivity contribution in [3.05, 3.63) is 63.4 Å². The first-order chi connectivity index (χ1) is 14.0. The molecule has 0 saturated heterocycles. The van der Waals surface area contributed by atoms with Gasteiger partial charge in [-0.05, 0) is 42.5 Å². The van der Waals surface area contributed by atoms with Crippen LogP contribution in [0.15, 0.2) is 41.2 Å². The Bertz CT molecular complexity index is 1150. The van der Waals surface area contributed by atoms with Crippen molar-refractivity contribution in [3.63, 3.8) is 0 Å². The van der Waals surface area contributed by atoms with Crippen molar-refractivity contribution in [2.24, 2.45) is 0 Å². The second kappa shape index (κ2) is 7.79. The molecule has 0 saturated carbocycles. The Balaban J connectivity index is 1.88. The van der Waals surface area contributed by atoms with Gasteiger partial charge in [-0.3, -0.25) is 9.59 Å². The molecule has 4 rings (SSSR count). The van der Waals surface area contributed by atoms with Gasteiger partial charge in [0.15, 0.2) is 0 Å². The third kappa shape index (κ3) is 3.44. The molecule has 0 aliphatic carbocycles. The van der Waals surface area contributed by atoms with Gasteiger partial charge in [-0.1, -0.05) is 25.1 Å². The normalized spacial score (nSPS) is 13.3. The second-order valence-electron chi connectivity index (χ2n) is 7.51. The van der Waals surface area contributed by atoms with E-state index in [9.17, 15) is 9.59 Å². The maximum Gasteiger partial charge on any atom is 0.303 e. The monoisotopic (exact) mass is 392 g/mol. The summed E-state index contributed by atoms with van der Waals surface area (Å²) in [6.45, 7) is 2.72. The van der Waals surface area contributed by atoms with Crippen LogP contribution in [0.2, 0.25) is 0 Å². The van der Waals surface area contributed by atoms with E-state index in [0.717, 1.165) is 39.8 Å². The summed E-state index contributed by atoms with van der Waals surface area (Å²) in [6, 6.07) is 12.1. The SMILES string of the molecule is CCC(CCC(=O)O)c1cc2n(c(=O)c1COC)Cc1cc3ccccc3nc1-2. The molecular formula is C23H24N2O4. The molecule has 1 unspecified atom stereocenters. The minimum Gasteiger partial charge on any atom is -0.481 e. The van der Waals surface area contributed by atoms with E-state index in [0.29, 0.717) is 18.5 Å². The number of carbonyl (C=O) groups is 1. The molecular weight excluding hydrogens is 368 g/mol. The molecule has 1 N–H and O–H groups in total. The molecule has 1 aliphatic heterocycles. The topological polar surface area (TPSA) is 81.4 Å². The smallest absolute Gasteiger partial charge is 0.303 e. The van der Waals surface area contributed by atoms with Crippen LogP contribution in [0, 0.1) is 0 Å². The zero-order valence-electron chi connectivity index (χ0n) is 16.6. The maximum atomic E-state index is 13.3. The highest BCUT2D eigenvalue weighted by atomic mass is 16.5. The number of methoxy groups -OCH3 is 1. The number of carboxylic acids is 1. The summed E-state index contributed by atoms with van der Waals surface area (Å²) in [5.74, 6) is -0.840. The average molecular weight is 392 g/mol. The first kappa shape index (κ1) is 19.3. The Morgan fingerprint density at radius 3 is 2.83 bits per heavy atom. The van der Waals surface area contributed by atoms with Gasteiger partial charge in [0, 0.05) is 30.0 Å². The van der Waals surface area contributed by atoms with Crippen LogP contribution in [0.5, 0.6) is 0 Å². The van der Waals surface area contributed by atoms with Crippen molar-refractivity contribution >= 4 is 16.9 Å². The van der Waals surface area contributed by atoms with Gasteiger partial charge in [0.25, 0.3) is 5.56 Å². The quantitative estimate of drug-likeness (QED) is 0.515. The van der Waals surface area contributed by atoms with E-state index in [-0.39, 0.29) is 24.5 Å². The van der Waals surface area contributed by atoms with Crippen LogP contribution in [0.3, 0.4) is 0 Å². The van der Waals surface area contributed by atoms with Gasteiger partial charge in [-0.15, -0.1) is 0 Å². The summed E-state index contributed by atoms with van der Waals surface area (Å²) < 4.78 is 7.09. The van der Waals surface area contributed by atoms with Crippen LogP contribution in [0.4, 0.5) is 0 Å². The van der Waals surface area contributed by atoms with Crippen LogP contribution in [-0.4, -0.2) is 27.7 Å². The molecule has 0 radical (unpaired) electrons. The average Bonchev–Trinajstić information content (AvgIpc) is 3.07. The fraction of sp³-hybridized carbons (Fsp3) is 0.348. The van der Waals surface area contributed by atoms with Crippen molar-refractivity contribution in [2.45, 2.75) is 45.3 Å². The number of ether oxygens (including phenoxy) is 1. The minimum atomic E-state index is -0.826. The third-order valence-electron chi connectivity index (χ3n) is 5.74. The fourth-order valence-electron chi connectivity index (χ4n) is 4.26. The molecule has 6 nitrogen and oxygen atoms in total. The number of rotatable bonds is 7. The first-order valence-corrected chi connectivity index (χ1v) is 9.89. The van der Waals surface area contributed by atoms with Crippen LogP contribution in [0.1, 0.15) is 48.8 Å². The number of hydrogen-bond donors (Lipinski definition) is 1. The largest absolute Gasteiger partial charge is 0.481 e. The van der Waals surface area contributed by atoms with Gasteiger partial charge in [0.2, 0.25) is 0 Å². The Labute approximate surface area is 168 Å². The zero-order chi connectivity index (χ0) is 20.5. The first-order valence-electron chi connectivity index (χ1n) is 9.89. The van der Waals surface area contributed by atoms with Gasteiger partial charge in [0.1, 0.15) is 0 Å². The van der Waals surface area contributed by atoms with Gasteiger partial charge in [-0.2, -0.15) is 0 Å². The maximum absolute atomic E-state index is 13.3. The second-order valence-corrected chi connectivity index (χ2v) is 7.51. The van der Waals surface area contributed by atoms with E-state index < -0.39 is 5.97 Å². The standard InChI is InChI=1S/C23H24N2O4/c1-3-14(8-9-21(26)27)17-11-20-22-16(10-15-6-4-5-7-19(15)24-22)12-25(20)23(28)18(17)13-29-2/h4-7,10-11,14H,3,8-9,12-13H2,1-2H3,(H,26,27). The van der Waals surface area contributed by atoms with Crippen molar-refractivity contribution in [2.75, 3.05) is 7.11 Å². The minimum absolute atomic E-state index is 0.0145. The highest BCUT2D eigenvalue weighted by molar-refractivity contribution is 5.84. The Hall–Kier alpha value is -2.99. The van der Waals surface area contributed by atoms with Crippen molar-refractivity contribution in [1.82, 2.24) is 9.55 Å². The van der Waals surface area contributed by atoms with Gasteiger partial charge in [0.05, 0.1) is 30.1 Å². The summed E-state index contributed by atoms with van der Waals surface area (Å²) in [4.78, 5) is 29.3. The summed E-state index contributed by atoms with van der Waals surface area (Å²) in [6.07, 6.45) is 1.32. The number of fused-ring (bicyclic) bond motifs is 4. The van der Waals surface area contributed by atoms with E-state index in [1.807, 2.05) is 37.3 Å². The third-order valence-corrected chi connectivity index (χ3v) is 5.74. The van der Waals surface area contributed by atoms with Crippen LogP contribution < -0.4 is 5.56 Å². The molecule has 3 heterocycles. The number of nitrogens with zero attached hydrogens (tertiary/aromatic N) is 2. The molecule has 1 atom stereocenters. The highest BCUT2D eigenvalue weighted by Crippen LogP contribution is 2.35. The Morgan fingerprint density at radius 2 is 2.10 bits per heavy atom. The molecule has 6 heteroatoms. The number of aliphatic carboxylic acids is 1. The number of hydrogen-bond acceptors (Lipinski definition) is 4. The van der Waals surface area contributed by atoms with Crippen molar-refractivity contribution in [1.29, 1.82) is 0 Å². The molecule has 150 valence electrons. The van der Waals surface area contributed by atoms with E-state index in [4.69, 9.17) is 14.8 Å². The van der Waals surface area contributed by atoms with Crippen molar-refractivity contribution in [3.8, 4) is 11.4 Å². The lowest BCUT2D eigenvalue weighted by molar-refractivity contribution is -0.137. The molecule has 0 fully saturated rings. The Morgan fingerprint density at radius 1 is 1.31 bits per heavy atom. The molecule has 0 bridgehead atoms. The lowest BCUT2D eigenvalue weighted by Crippen LogP contribution is -2.26. The molecule has 1 aromatic carbocycles. The predicted octanol–water partition coefficient (Wildman–Crippen LogP) is 3.93. The number of pyridine rings is 2. The molecule has 2 aromatic heterocycles. The van der Waals surface area contributed by atoms with E-state index in [1.54, 1.807) is 11.7 Å². The molecule has 1 aliphatic rings. The summed E-state index contributed by atoms with van der Waals surface area (Å²) in [7, 11) is 1.57. The van der Waals surface area contributed by atoms with Crippen LogP contribution in [-0.2, 0) is 22.7 Å². The van der Waals surface area contributed by atoms with E-state index in [2.05, 4.69) is 6.07 Å². The summed E-state index contributed by atoms with van der Waals surface area (Å²) in [5.41, 5.74) is 4.99. The van der Waals surface area contributed by atoms with Crippen LogP contribution in [0.25, 0.3) is 22.3 Å². The molecule has 3 aromatic rings. The number of aromatic nitrogens is 2. The van der Waals surface area contributed by atoms with Crippen LogP contribution >= 0.6 is 0 Å². The lowest BCUT2D eigenvalue weighted by atomic mass is 9.88. The summed E-state index contributed by atoms with van der Waals surface area (Å²) in [5, 5.41) is 10.2. The highest BCUT2D eigenvalue weighted by Gasteiger charge is 2.27. The van der Waals surface area contributed by atoms with Crippen molar-refractivity contribution < 1.29 is 14.6 Å². The molecule has 0 amide bonds. The predicted molar refractivity (Wildman–Crippen MR) is 111 cm³/mol. The van der Waals surface area contributed by atoms with Gasteiger partial charge < -0.3 is 14.4 Å². The van der Waals surface area contributed by atoms with Gasteiger partial charge >= 0.3 is 5.97 Å². The fourth-order valence-corrected chi connectivity index (χ4v) is 4.26. The molecule has 0 spiro atoms. The molecule has 29 heavy (non-hydrogen) atoms. The van der Waals surface area contributed by atoms with Gasteiger partial charge in [-0.25, -0.2) is 4.98 Å². The number of benzene rings is 1. The Kier molecular flexibility index (Phi) is 5.20. The number of carboxylic acid groups (broad SMARTS) is 1. The summed E-state index contributed by atoms with van der Waals surface area (Å²) >= 11 is 0. The number of para-hydroxylation sites is 1. The zero-order valence-corrected chi connectivity index (χ0v) is 16.6. The lowest BCUT2D eigenvalue weighted by Gasteiger charge is -2.20. The van der Waals surface area contributed by atoms with E-state index >= 15 is 0 Å².